The molecule has 0 radical (unpaired) electrons. The number of nitrogens with zero attached hydrogens (tertiary/aromatic N) is 2. The number of aromatic amines is 1. The molecule has 2 aromatic heterocycles. The third-order valence-corrected chi connectivity index (χ3v) is 7.09. The van der Waals surface area contributed by atoms with Crippen molar-refractivity contribution in [3.63, 3.8) is 0 Å². The van der Waals surface area contributed by atoms with E-state index in [1.807, 2.05) is 19.1 Å². The van der Waals surface area contributed by atoms with Gasteiger partial charge in [0.1, 0.15) is 28.0 Å². The SMILES string of the molecule is C[C@@H](c1nc2c(F)cc(F)c(Cl)c2[nH]1)[C@H]1CC[C@@H](c2c(F)ccc3ncccc32)CC1. The molecule has 31 heavy (non-hydrogen) atoms. The highest BCUT2D eigenvalue weighted by Gasteiger charge is 2.31. The van der Waals surface area contributed by atoms with Crippen LogP contribution >= 0.6 is 11.6 Å². The molecular formula is C24H21ClF3N3. The third-order valence-electron chi connectivity index (χ3n) is 6.72. The van der Waals surface area contributed by atoms with Gasteiger partial charge in [0.05, 0.1) is 11.0 Å². The van der Waals surface area contributed by atoms with E-state index in [1.165, 1.54) is 6.07 Å². The maximum atomic E-state index is 14.7. The molecule has 0 bridgehead atoms. The number of nitrogens with one attached hydrogen (secondary N) is 1. The molecule has 3 nitrogen and oxygen atoms in total. The molecule has 0 aliphatic heterocycles. The van der Waals surface area contributed by atoms with Gasteiger partial charge in [0.15, 0.2) is 5.82 Å². The summed E-state index contributed by atoms with van der Waals surface area (Å²) < 4.78 is 42.6. The number of H-pyrrole nitrogens is 1. The van der Waals surface area contributed by atoms with Crippen LogP contribution in [0.4, 0.5) is 13.2 Å². The zero-order chi connectivity index (χ0) is 21.7. The minimum atomic E-state index is -0.804. The first kappa shape index (κ1) is 20.3. The molecule has 1 saturated carbocycles. The Bertz CT molecular complexity index is 1280. The van der Waals surface area contributed by atoms with E-state index in [9.17, 15) is 13.2 Å². The van der Waals surface area contributed by atoms with E-state index < -0.39 is 11.6 Å². The molecule has 0 unspecified atom stereocenters. The monoisotopic (exact) mass is 443 g/mol. The minimum Gasteiger partial charge on any atom is -0.340 e. The number of halogens is 4. The van der Waals surface area contributed by atoms with Gasteiger partial charge in [-0.1, -0.05) is 24.6 Å². The van der Waals surface area contributed by atoms with Gasteiger partial charge < -0.3 is 4.98 Å². The van der Waals surface area contributed by atoms with Crippen molar-refractivity contribution < 1.29 is 13.2 Å². The Morgan fingerprint density at radius 3 is 2.58 bits per heavy atom. The molecule has 1 fully saturated rings. The van der Waals surface area contributed by atoms with E-state index in [4.69, 9.17) is 11.6 Å². The number of hydrogen-bond donors (Lipinski definition) is 1. The maximum absolute atomic E-state index is 14.7. The number of aromatic nitrogens is 3. The second-order valence-corrected chi connectivity index (χ2v) is 8.81. The van der Waals surface area contributed by atoms with Crippen LogP contribution in [-0.4, -0.2) is 15.0 Å². The minimum absolute atomic E-state index is 0.0194. The topological polar surface area (TPSA) is 41.6 Å². The van der Waals surface area contributed by atoms with E-state index in [1.54, 1.807) is 12.3 Å². The van der Waals surface area contributed by atoms with Crippen LogP contribution in [-0.2, 0) is 0 Å². The van der Waals surface area contributed by atoms with Gasteiger partial charge in [-0.2, -0.15) is 0 Å². The summed E-state index contributed by atoms with van der Waals surface area (Å²) in [4.78, 5) is 11.8. The lowest BCUT2D eigenvalue weighted by molar-refractivity contribution is 0.284. The molecule has 1 atom stereocenters. The smallest absolute Gasteiger partial charge is 0.154 e. The van der Waals surface area contributed by atoms with Gasteiger partial charge in [-0.25, -0.2) is 18.2 Å². The fraction of sp³-hybridized carbons (Fsp3) is 0.333. The first-order valence-electron chi connectivity index (χ1n) is 10.5. The summed E-state index contributed by atoms with van der Waals surface area (Å²) in [5, 5.41) is 0.731. The van der Waals surface area contributed by atoms with Crippen LogP contribution in [0.5, 0.6) is 0 Å². The molecule has 0 spiro atoms. The van der Waals surface area contributed by atoms with Gasteiger partial charge in [-0.05, 0) is 55.7 Å². The van der Waals surface area contributed by atoms with Crippen molar-refractivity contribution in [2.45, 2.75) is 44.4 Å². The Hall–Kier alpha value is -2.60. The van der Waals surface area contributed by atoms with Gasteiger partial charge >= 0.3 is 0 Å². The summed E-state index contributed by atoms with van der Waals surface area (Å²) in [6.45, 7) is 2.04. The van der Waals surface area contributed by atoms with Crippen molar-refractivity contribution in [2.24, 2.45) is 5.92 Å². The predicted octanol–water partition coefficient (Wildman–Crippen LogP) is 7.26. The van der Waals surface area contributed by atoms with Crippen LogP contribution in [0.2, 0.25) is 5.02 Å². The number of pyridine rings is 1. The quantitative estimate of drug-likeness (QED) is 0.338. The first-order valence-corrected chi connectivity index (χ1v) is 10.9. The Morgan fingerprint density at radius 1 is 1.03 bits per heavy atom. The molecular weight excluding hydrogens is 423 g/mol. The van der Waals surface area contributed by atoms with Crippen molar-refractivity contribution in [3.05, 3.63) is 70.4 Å². The van der Waals surface area contributed by atoms with Gasteiger partial charge in [0, 0.05) is 29.1 Å². The zero-order valence-electron chi connectivity index (χ0n) is 16.9. The summed E-state index contributed by atoms with van der Waals surface area (Å²) in [6, 6.07) is 7.76. The summed E-state index contributed by atoms with van der Waals surface area (Å²) in [5.41, 5.74) is 1.82. The van der Waals surface area contributed by atoms with Crippen molar-refractivity contribution in [3.8, 4) is 0 Å². The van der Waals surface area contributed by atoms with Gasteiger partial charge in [0.2, 0.25) is 0 Å². The van der Waals surface area contributed by atoms with Gasteiger partial charge in [-0.3, -0.25) is 4.98 Å². The lowest BCUT2D eigenvalue weighted by Crippen LogP contribution is -2.19. The Morgan fingerprint density at radius 2 is 1.81 bits per heavy atom. The fourth-order valence-corrected chi connectivity index (χ4v) is 5.19. The molecule has 1 aliphatic rings. The molecule has 0 amide bonds. The van der Waals surface area contributed by atoms with Crippen LogP contribution < -0.4 is 0 Å². The number of hydrogen-bond acceptors (Lipinski definition) is 2. The summed E-state index contributed by atoms with van der Waals surface area (Å²) in [6.07, 6.45) is 5.21. The molecule has 2 aromatic carbocycles. The van der Waals surface area contributed by atoms with Crippen LogP contribution in [0.25, 0.3) is 21.9 Å². The molecule has 1 aliphatic carbocycles. The zero-order valence-corrected chi connectivity index (χ0v) is 17.7. The molecule has 0 saturated heterocycles. The Balaban J connectivity index is 1.38. The highest BCUT2D eigenvalue weighted by molar-refractivity contribution is 6.35. The third kappa shape index (κ3) is 3.47. The Kier molecular flexibility index (Phi) is 5.13. The van der Waals surface area contributed by atoms with Crippen molar-refractivity contribution in [1.82, 2.24) is 15.0 Å². The standard InChI is InChI=1S/C24H21ClF3N3/c1-12(24-30-22-18(28)11-17(27)21(25)23(22)31-24)13-4-6-14(7-5-13)20-15-3-2-10-29-19(15)9-8-16(20)26/h2-3,8-14H,4-7H2,1H3,(H,30,31)/t12-,13-,14+/m1/s1. The van der Waals surface area contributed by atoms with Crippen LogP contribution in [0.3, 0.4) is 0 Å². The number of fused-ring (bicyclic) bond motifs is 2. The van der Waals surface area contributed by atoms with Crippen molar-refractivity contribution in [2.75, 3.05) is 0 Å². The van der Waals surface area contributed by atoms with E-state index in [0.717, 1.165) is 48.2 Å². The van der Waals surface area contributed by atoms with Gasteiger partial charge in [-0.15, -0.1) is 0 Å². The largest absolute Gasteiger partial charge is 0.340 e. The lowest BCUT2D eigenvalue weighted by Gasteiger charge is -2.32. The van der Waals surface area contributed by atoms with Crippen LogP contribution in [0.1, 0.15) is 55.8 Å². The lowest BCUT2D eigenvalue weighted by atomic mass is 9.73. The summed E-state index contributed by atoms with van der Waals surface area (Å²) in [7, 11) is 0. The summed E-state index contributed by atoms with van der Waals surface area (Å²) >= 11 is 6.00. The normalized spacial score (nSPS) is 20.4. The highest BCUT2D eigenvalue weighted by Crippen LogP contribution is 2.44. The fourth-order valence-electron chi connectivity index (χ4n) is 5.00. The average Bonchev–Trinajstić information content (AvgIpc) is 3.24. The van der Waals surface area contributed by atoms with E-state index in [0.29, 0.717) is 11.7 Å². The van der Waals surface area contributed by atoms with Crippen LogP contribution in [0.15, 0.2) is 36.5 Å². The highest BCUT2D eigenvalue weighted by atomic mass is 35.5. The molecule has 160 valence electrons. The maximum Gasteiger partial charge on any atom is 0.154 e. The molecule has 2 heterocycles. The predicted molar refractivity (Wildman–Crippen MR) is 116 cm³/mol. The van der Waals surface area contributed by atoms with E-state index in [2.05, 4.69) is 15.0 Å². The van der Waals surface area contributed by atoms with E-state index >= 15 is 0 Å². The van der Waals surface area contributed by atoms with Crippen LogP contribution in [0, 0.1) is 23.4 Å². The Labute approximate surface area is 182 Å². The van der Waals surface area contributed by atoms with Gasteiger partial charge in [0.25, 0.3) is 0 Å². The number of imidazole rings is 1. The number of rotatable bonds is 3. The molecule has 1 N–H and O–H groups in total. The first-order chi connectivity index (χ1) is 14.9. The van der Waals surface area contributed by atoms with Crippen molar-refractivity contribution >= 4 is 33.5 Å². The van der Waals surface area contributed by atoms with Crippen molar-refractivity contribution in [1.29, 1.82) is 0 Å². The van der Waals surface area contributed by atoms with E-state index in [-0.39, 0.29) is 33.7 Å². The second kappa shape index (κ2) is 7.83. The molecule has 5 rings (SSSR count). The molecule has 7 heteroatoms. The average molecular weight is 444 g/mol. The number of benzene rings is 2. The second-order valence-electron chi connectivity index (χ2n) is 8.43. The molecule has 4 aromatic rings. The summed E-state index contributed by atoms with van der Waals surface area (Å²) in [5.74, 6) is -0.651.